The first-order chi connectivity index (χ1) is 10.7. The molecule has 2 N–H and O–H groups in total. The second-order valence-electron chi connectivity index (χ2n) is 4.83. The number of ether oxygens (including phenoxy) is 1. The van der Waals surface area contributed by atoms with Crippen molar-refractivity contribution in [3.05, 3.63) is 29.8 Å². The van der Waals surface area contributed by atoms with E-state index in [2.05, 4.69) is 20.8 Å². The second-order valence-corrected chi connectivity index (χ2v) is 6.98. The summed E-state index contributed by atoms with van der Waals surface area (Å²) < 4.78 is 6.39. The van der Waals surface area contributed by atoms with Gasteiger partial charge in [-0.15, -0.1) is 10.2 Å². The first kappa shape index (κ1) is 15.4. The third-order valence-electron chi connectivity index (χ3n) is 3.27. The minimum Gasteiger partial charge on any atom is -0.375 e. The van der Waals surface area contributed by atoms with E-state index in [1.807, 2.05) is 31.2 Å². The molecule has 116 valence electrons. The van der Waals surface area contributed by atoms with Gasteiger partial charge in [-0.1, -0.05) is 23.1 Å². The zero-order valence-electron chi connectivity index (χ0n) is 12.0. The highest BCUT2D eigenvalue weighted by atomic mass is 32.2. The third-order valence-corrected chi connectivity index (χ3v) is 5.05. The molecule has 3 rings (SSSR count). The highest BCUT2D eigenvalue weighted by molar-refractivity contribution is 8.01. The summed E-state index contributed by atoms with van der Waals surface area (Å²) in [5, 5.41) is 13.9. The summed E-state index contributed by atoms with van der Waals surface area (Å²) in [5.41, 5.74) is 2.48. The Morgan fingerprint density at radius 2 is 2.27 bits per heavy atom. The molecule has 2 heterocycles. The monoisotopic (exact) mass is 336 g/mol. The Balaban J connectivity index is 1.59. The van der Waals surface area contributed by atoms with Crippen molar-refractivity contribution in [3.8, 4) is 0 Å². The van der Waals surface area contributed by atoms with Crippen LogP contribution >= 0.6 is 23.1 Å². The van der Waals surface area contributed by atoms with E-state index in [-0.39, 0.29) is 18.1 Å². The molecule has 2 aromatic rings. The topological polar surface area (TPSA) is 76.1 Å². The number of rotatable bonds is 4. The number of hydrogen-bond acceptors (Lipinski definition) is 7. The van der Waals surface area contributed by atoms with Gasteiger partial charge in [0.05, 0.1) is 12.7 Å². The van der Waals surface area contributed by atoms with Crippen LogP contribution in [0.15, 0.2) is 39.0 Å². The van der Waals surface area contributed by atoms with Gasteiger partial charge < -0.3 is 15.4 Å². The molecular formula is C14H16N4O2S2. The number of nitrogens with one attached hydrogen (secondary N) is 2. The average Bonchev–Trinajstić information content (AvgIpc) is 3.02. The van der Waals surface area contributed by atoms with Crippen LogP contribution in [-0.4, -0.2) is 41.4 Å². The maximum absolute atomic E-state index is 12.2. The number of carbonyl (C=O) groups is 1. The normalized spacial score (nSPS) is 21.5. The van der Waals surface area contributed by atoms with Crippen LogP contribution < -0.4 is 10.6 Å². The standard InChI is InChI=1S/C14H16N4O2S2/c1-9-12(15-6-7-20-9)13(19)17-10-2-4-11(5-3-10)22-14-18-16-8-21-14/h2-5,8-9,12,15H,6-7H2,1H3,(H,17,19)/t9-,12+/m1/s1. The minimum atomic E-state index is -0.316. The Hall–Kier alpha value is -1.48. The molecule has 8 heteroatoms. The number of amides is 1. The van der Waals surface area contributed by atoms with Crippen molar-refractivity contribution < 1.29 is 9.53 Å². The predicted octanol–water partition coefficient (Wildman–Crippen LogP) is 2.00. The van der Waals surface area contributed by atoms with Crippen molar-refractivity contribution in [2.75, 3.05) is 18.5 Å². The van der Waals surface area contributed by atoms with Crippen LogP contribution in [0.25, 0.3) is 0 Å². The molecule has 1 aromatic heterocycles. The maximum Gasteiger partial charge on any atom is 0.244 e. The lowest BCUT2D eigenvalue weighted by molar-refractivity contribution is -0.123. The number of anilines is 1. The van der Waals surface area contributed by atoms with Crippen molar-refractivity contribution in [1.29, 1.82) is 0 Å². The van der Waals surface area contributed by atoms with Crippen LogP contribution in [0.3, 0.4) is 0 Å². The highest BCUT2D eigenvalue weighted by Gasteiger charge is 2.28. The molecule has 1 aliphatic rings. The fourth-order valence-corrected chi connectivity index (χ4v) is 3.61. The maximum atomic E-state index is 12.2. The summed E-state index contributed by atoms with van der Waals surface area (Å²) >= 11 is 3.05. The molecule has 0 unspecified atom stereocenters. The van der Waals surface area contributed by atoms with E-state index in [0.29, 0.717) is 13.2 Å². The van der Waals surface area contributed by atoms with Crippen molar-refractivity contribution in [3.63, 3.8) is 0 Å². The summed E-state index contributed by atoms with van der Waals surface area (Å²) in [7, 11) is 0. The minimum absolute atomic E-state index is 0.0725. The highest BCUT2D eigenvalue weighted by Crippen LogP contribution is 2.29. The second kappa shape index (κ2) is 7.19. The van der Waals surface area contributed by atoms with E-state index in [9.17, 15) is 4.79 Å². The van der Waals surface area contributed by atoms with E-state index in [0.717, 1.165) is 14.9 Å². The first-order valence-electron chi connectivity index (χ1n) is 6.92. The molecule has 0 bridgehead atoms. The summed E-state index contributed by atoms with van der Waals surface area (Å²) in [4.78, 5) is 13.3. The van der Waals surface area contributed by atoms with Crippen LogP contribution in [0, 0.1) is 0 Å². The van der Waals surface area contributed by atoms with Gasteiger partial charge in [-0.2, -0.15) is 0 Å². The molecule has 0 spiro atoms. The largest absolute Gasteiger partial charge is 0.375 e. The smallest absolute Gasteiger partial charge is 0.244 e. The van der Waals surface area contributed by atoms with E-state index in [1.54, 1.807) is 17.3 Å². The molecule has 0 radical (unpaired) electrons. The fourth-order valence-electron chi connectivity index (χ4n) is 2.16. The number of morpholine rings is 1. The lowest BCUT2D eigenvalue weighted by atomic mass is 10.1. The summed E-state index contributed by atoms with van der Waals surface area (Å²) in [6.07, 6.45) is -0.124. The number of carbonyl (C=O) groups excluding carboxylic acids is 1. The quantitative estimate of drug-likeness (QED) is 0.889. The average molecular weight is 336 g/mol. The SMILES string of the molecule is C[C@H]1OCCN[C@@H]1C(=O)Nc1ccc(Sc2nncs2)cc1. The molecular weight excluding hydrogens is 320 g/mol. The number of nitrogens with zero attached hydrogens (tertiary/aromatic N) is 2. The van der Waals surface area contributed by atoms with Gasteiger partial charge in [0.2, 0.25) is 5.91 Å². The molecule has 1 amide bonds. The van der Waals surface area contributed by atoms with Gasteiger partial charge >= 0.3 is 0 Å². The van der Waals surface area contributed by atoms with Gasteiger partial charge in [0, 0.05) is 17.1 Å². The molecule has 1 fully saturated rings. The van der Waals surface area contributed by atoms with Crippen LogP contribution in [0.4, 0.5) is 5.69 Å². The molecule has 1 saturated heterocycles. The lowest BCUT2D eigenvalue weighted by Crippen LogP contribution is -2.53. The number of hydrogen-bond donors (Lipinski definition) is 2. The summed E-state index contributed by atoms with van der Waals surface area (Å²) in [5.74, 6) is -0.0725. The Morgan fingerprint density at radius 1 is 1.45 bits per heavy atom. The summed E-state index contributed by atoms with van der Waals surface area (Å²) in [6.45, 7) is 3.24. The van der Waals surface area contributed by atoms with E-state index in [4.69, 9.17) is 4.74 Å². The van der Waals surface area contributed by atoms with E-state index < -0.39 is 0 Å². The van der Waals surface area contributed by atoms with E-state index in [1.165, 1.54) is 11.3 Å². The van der Waals surface area contributed by atoms with Gasteiger partial charge in [-0.3, -0.25) is 4.79 Å². The van der Waals surface area contributed by atoms with Gasteiger partial charge in [0.15, 0.2) is 4.34 Å². The zero-order chi connectivity index (χ0) is 15.4. The summed E-state index contributed by atoms with van der Waals surface area (Å²) in [6, 6.07) is 7.36. The van der Waals surface area contributed by atoms with Crippen molar-refractivity contribution in [1.82, 2.24) is 15.5 Å². The molecule has 0 aliphatic carbocycles. The van der Waals surface area contributed by atoms with Gasteiger partial charge in [0.1, 0.15) is 11.6 Å². The van der Waals surface area contributed by atoms with Crippen molar-refractivity contribution in [2.24, 2.45) is 0 Å². The van der Waals surface area contributed by atoms with Gasteiger partial charge in [-0.05, 0) is 31.2 Å². The van der Waals surface area contributed by atoms with Crippen molar-refractivity contribution >= 4 is 34.7 Å². The predicted molar refractivity (Wildman–Crippen MR) is 86.3 cm³/mol. The molecule has 22 heavy (non-hydrogen) atoms. The van der Waals surface area contributed by atoms with Gasteiger partial charge in [0.25, 0.3) is 0 Å². The van der Waals surface area contributed by atoms with E-state index >= 15 is 0 Å². The lowest BCUT2D eigenvalue weighted by Gasteiger charge is -2.29. The van der Waals surface area contributed by atoms with Crippen LogP contribution in [0.2, 0.25) is 0 Å². The fraction of sp³-hybridized carbons (Fsp3) is 0.357. The molecule has 1 aromatic carbocycles. The Morgan fingerprint density at radius 3 is 2.95 bits per heavy atom. The van der Waals surface area contributed by atoms with Gasteiger partial charge in [-0.25, -0.2) is 0 Å². The Bertz CT molecular complexity index is 618. The first-order valence-corrected chi connectivity index (χ1v) is 8.62. The molecule has 1 aliphatic heterocycles. The number of benzene rings is 1. The Labute approximate surface area is 136 Å². The Kier molecular flexibility index (Phi) is 5.04. The van der Waals surface area contributed by atoms with Crippen molar-refractivity contribution in [2.45, 2.75) is 28.3 Å². The van der Waals surface area contributed by atoms with Crippen LogP contribution in [-0.2, 0) is 9.53 Å². The molecule has 6 nitrogen and oxygen atoms in total. The molecule has 0 saturated carbocycles. The zero-order valence-corrected chi connectivity index (χ0v) is 13.6. The third kappa shape index (κ3) is 3.83. The number of aromatic nitrogens is 2. The van der Waals surface area contributed by atoms with Crippen LogP contribution in [0.5, 0.6) is 0 Å². The van der Waals surface area contributed by atoms with Crippen LogP contribution in [0.1, 0.15) is 6.92 Å². The molecule has 2 atom stereocenters.